The predicted octanol–water partition coefficient (Wildman–Crippen LogP) is 4.42. The first kappa shape index (κ1) is 22.7. The lowest BCUT2D eigenvalue weighted by atomic mass is 9.99. The van der Waals surface area contributed by atoms with Crippen LogP contribution in [0.2, 0.25) is 0 Å². The zero-order chi connectivity index (χ0) is 23.1. The molecule has 1 heterocycles. The molecule has 0 saturated heterocycles. The number of hydrogen-bond acceptors (Lipinski definition) is 8. The molecule has 166 valence electrons. The second kappa shape index (κ2) is 10.4. The lowest BCUT2D eigenvalue weighted by Gasteiger charge is -2.12. The van der Waals surface area contributed by atoms with E-state index in [2.05, 4.69) is 15.5 Å². The first-order valence-corrected chi connectivity index (χ1v) is 9.93. The number of carbonyl (C=O) groups excluding carboxylic acids is 1. The Hall–Kier alpha value is -3.94. The van der Waals surface area contributed by atoms with Crippen molar-refractivity contribution >= 4 is 17.4 Å². The van der Waals surface area contributed by atoms with E-state index in [4.69, 9.17) is 18.9 Å². The standard InChI is InChI=1S/C24H25N3O5/c1-15-7-6-8-20(23(27-30-5)24(28)29-4)21(15)14-31-25-17(3)18-9-11-19(12-10-18)22-13-16(2)32-26-22/h6-13H,14H2,1-5H3/b25-17+,27-23+. The van der Waals surface area contributed by atoms with Crippen LogP contribution in [-0.4, -0.2) is 36.8 Å². The lowest BCUT2D eigenvalue weighted by Crippen LogP contribution is -2.20. The Morgan fingerprint density at radius 2 is 1.81 bits per heavy atom. The number of aromatic nitrogens is 1. The van der Waals surface area contributed by atoms with Gasteiger partial charge in [0.15, 0.2) is 5.71 Å². The van der Waals surface area contributed by atoms with Crippen LogP contribution in [0.25, 0.3) is 11.3 Å². The molecule has 1 aromatic heterocycles. The van der Waals surface area contributed by atoms with Crippen molar-refractivity contribution in [1.29, 1.82) is 0 Å². The number of nitrogens with zero attached hydrogens (tertiary/aromatic N) is 3. The van der Waals surface area contributed by atoms with E-state index in [0.717, 1.165) is 33.7 Å². The molecule has 0 atom stereocenters. The van der Waals surface area contributed by atoms with Gasteiger partial charge in [0.05, 0.1) is 12.8 Å². The molecular weight excluding hydrogens is 410 g/mol. The third kappa shape index (κ3) is 5.21. The molecule has 0 aliphatic rings. The van der Waals surface area contributed by atoms with Crippen molar-refractivity contribution in [2.45, 2.75) is 27.4 Å². The summed E-state index contributed by atoms with van der Waals surface area (Å²) in [5.74, 6) is 0.164. The van der Waals surface area contributed by atoms with Gasteiger partial charge in [-0.2, -0.15) is 0 Å². The molecule has 8 heteroatoms. The van der Waals surface area contributed by atoms with Gasteiger partial charge in [0.2, 0.25) is 0 Å². The predicted molar refractivity (Wildman–Crippen MR) is 120 cm³/mol. The molecule has 0 spiro atoms. The van der Waals surface area contributed by atoms with Gasteiger partial charge in [0.1, 0.15) is 25.2 Å². The maximum atomic E-state index is 12.2. The van der Waals surface area contributed by atoms with Crippen LogP contribution in [0, 0.1) is 13.8 Å². The fourth-order valence-electron chi connectivity index (χ4n) is 3.13. The van der Waals surface area contributed by atoms with Gasteiger partial charge in [-0.05, 0) is 31.9 Å². The Kier molecular flexibility index (Phi) is 7.38. The Morgan fingerprint density at radius 1 is 1.06 bits per heavy atom. The Balaban J connectivity index is 1.77. The molecule has 0 N–H and O–H groups in total. The number of methoxy groups -OCH3 is 1. The van der Waals surface area contributed by atoms with E-state index >= 15 is 0 Å². The van der Waals surface area contributed by atoms with E-state index < -0.39 is 5.97 Å². The van der Waals surface area contributed by atoms with Crippen LogP contribution in [0.4, 0.5) is 0 Å². The van der Waals surface area contributed by atoms with Crippen molar-refractivity contribution in [1.82, 2.24) is 5.16 Å². The van der Waals surface area contributed by atoms with Crippen molar-refractivity contribution in [3.05, 3.63) is 76.5 Å². The van der Waals surface area contributed by atoms with Crippen molar-refractivity contribution in [2.24, 2.45) is 10.3 Å². The monoisotopic (exact) mass is 435 g/mol. The lowest BCUT2D eigenvalue weighted by molar-refractivity contribution is -0.132. The van der Waals surface area contributed by atoms with Gasteiger partial charge >= 0.3 is 5.97 Å². The van der Waals surface area contributed by atoms with E-state index in [9.17, 15) is 4.79 Å². The maximum Gasteiger partial charge on any atom is 0.360 e. The van der Waals surface area contributed by atoms with Crippen LogP contribution in [0.3, 0.4) is 0 Å². The number of hydrogen-bond donors (Lipinski definition) is 0. The van der Waals surface area contributed by atoms with Gasteiger partial charge < -0.3 is 18.9 Å². The SMILES string of the molecule is CO/N=C(/C(=O)OC)c1cccc(C)c1CO/N=C(\C)c1ccc(-c2cc(C)on2)cc1. The van der Waals surface area contributed by atoms with Crippen LogP contribution in [0.1, 0.15) is 34.9 Å². The molecule has 0 aliphatic carbocycles. The highest BCUT2D eigenvalue weighted by Crippen LogP contribution is 2.20. The van der Waals surface area contributed by atoms with Crippen molar-refractivity contribution in [2.75, 3.05) is 14.2 Å². The average Bonchev–Trinajstić information content (AvgIpc) is 3.24. The summed E-state index contributed by atoms with van der Waals surface area (Å²) in [5.41, 5.74) is 5.69. The fraction of sp³-hybridized carbons (Fsp3) is 0.250. The second-order valence-corrected chi connectivity index (χ2v) is 7.07. The van der Waals surface area contributed by atoms with Crippen LogP contribution in [0.5, 0.6) is 0 Å². The van der Waals surface area contributed by atoms with E-state index in [-0.39, 0.29) is 12.3 Å². The maximum absolute atomic E-state index is 12.2. The van der Waals surface area contributed by atoms with Crippen molar-refractivity contribution < 1.29 is 23.7 Å². The number of benzene rings is 2. The molecule has 0 unspecified atom stereocenters. The minimum Gasteiger partial charge on any atom is -0.464 e. The summed E-state index contributed by atoms with van der Waals surface area (Å²) in [6, 6.07) is 15.2. The Morgan fingerprint density at radius 3 is 2.44 bits per heavy atom. The highest BCUT2D eigenvalue weighted by molar-refractivity contribution is 6.43. The van der Waals surface area contributed by atoms with E-state index in [0.29, 0.717) is 11.3 Å². The smallest absolute Gasteiger partial charge is 0.360 e. The van der Waals surface area contributed by atoms with Gasteiger partial charge in [0.25, 0.3) is 0 Å². The molecule has 2 aromatic carbocycles. The quantitative estimate of drug-likeness (QED) is 0.295. The zero-order valence-corrected chi connectivity index (χ0v) is 18.7. The molecule has 3 rings (SSSR count). The molecule has 3 aromatic rings. The number of oxime groups is 2. The molecule has 8 nitrogen and oxygen atoms in total. The Bertz CT molecular complexity index is 1150. The molecule has 0 aliphatic heterocycles. The molecule has 0 radical (unpaired) electrons. The third-order valence-electron chi connectivity index (χ3n) is 4.86. The first-order chi connectivity index (χ1) is 15.4. The first-order valence-electron chi connectivity index (χ1n) is 9.93. The molecule has 32 heavy (non-hydrogen) atoms. The number of ether oxygens (including phenoxy) is 1. The number of esters is 1. The van der Waals surface area contributed by atoms with E-state index in [1.54, 1.807) is 6.07 Å². The summed E-state index contributed by atoms with van der Waals surface area (Å²) in [7, 11) is 2.67. The summed E-state index contributed by atoms with van der Waals surface area (Å²) < 4.78 is 9.96. The van der Waals surface area contributed by atoms with Crippen molar-refractivity contribution in [3.8, 4) is 11.3 Å². The average molecular weight is 435 g/mol. The summed E-state index contributed by atoms with van der Waals surface area (Å²) in [4.78, 5) is 22.6. The van der Waals surface area contributed by atoms with Crippen LogP contribution in [-0.2, 0) is 25.8 Å². The molecular formula is C24H25N3O5. The minimum absolute atomic E-state index is 0.0664. The Labute approximate surface area is 186 Å². The van der Waals surface area contributed by atoms with E-state index in [1.807, 2.05) is 63.2 Å². The molecule has 0 fully saturated rings. The molecule has 0 bridgehead atoms. The summed E-state index contributed by atoms with van der Waals surface area (Å²) in [5, 5.41) is 12.1. The van der Waals surface area contributed by atoms with Gasteiger partial charge in [-0.3, -0.25) is 0 Å². The van der Waals surface area contributed by atoms with Crippen molar-refractivity contribution in [3.63, 3.8) is 0 Å². The molecule has 0 saturated carbocycles. The normalized spacial score (nSPS) is 11.9. The number of rotatable bonds is 8. The summed E-state index contributed by atoms with van der Waals surface area (Å²) in [6.45, 7) is 5.79. The highest BCUT2D eigenvalue weighted by atomic mass is 16.6. The number of carbonyl (C=O) groups is 1. The second-order valence-electron chi connectivity index (χ2n) is 7.07. The zero-order valence-electron chi connectivity index (χ0n) is 18.7. The van der Waals surface area contributed by atoms with Gasteiger partial charge in [-0.1, -0.05) is 57.9 Å². The topological polar surface area (TPSA) is 95.5 Å². The van der Waals surface area contributed by atoms with Crippen LogP contribution in [0.15, 0.2) is 63.4 Å². The molecule has 0 amide bonds. The fourth-order valence-corrected chi connectivity index (χ4v) is 3.13. The van der Waals surface area contributed by atoms with Gasteiger partial charge in [-0.15, -0.1) is 0 Å². The van der Waals surface area contributed by atoms with Gasteiger partial charge in [0, 0.05) is 22.8 Å². The minimum atomic E-state index is -0.597. The van der Waals surface area contributed by atoms with E-state index in [1.165, 1.54) is 14.2 Å². The third-order valence-corrected chi connectivity index (χ3v) is 4.86. The summed E-state index contributed by atoms with van der Waals surface area (Å²) >= 11 is 0. The summed E-state index contributed by atoms with van der Waals surface area (Å²) in [6.07, 6.45) is 0. The number of aryl methyl sites for hydroxylation is 2. The highest BCUT2D eigenvalue weighted by Gasteiger charge is 2.20. The van der Waals surface area contributed by atoms with Crippen LogP contribution < -0.4 is 0 Å². The van der Waals surface area contributed by atoms with Gasteiger partial charge in [-0.25, -0.2) is 4.79 Å². The van der Waals surface area contributed by atoms with Crippen LogP contribution >= 0.6 is 0 Å². The largest absolute Gasteiger partial charge is 0.464 e.